The second kappa shape index (κ2) is 14.1. The maximum absolute atomic E-state index is 14.4. The molecule has 0 radical (unpaired) electrons. The molecule has 0 aliphatic heterocycles. The van der Waals surface area contributed by atoms with Crippen molar-refractivity contribution in [1.29, 1.82) is 0 Å². The second-order valence-corrected chi connectivity index (χ2v) is 10.9. The van der Waals surface area contributed by atoms with Gasteiger partial charge in [0.1, 0.15) is 11.5 Å². The van der Waals surface area contributed by atoms with E-state index in [2.05, 4.69) is 0 Å². The molecular formula is C35H37FN2O5. The number of amides is 1. The van der Waals surface area contributed by atoms with E-state index in [9.17, 15) is 24.2 Å². The highest BCUT2D eigenvalue weighted by molar-refractivity contribution is 6.06. The normalized spacial score (nSPS) is 12.9. The van der Waals surface area contributed by atoms with Gasteiger partial charge in [-0.1, -0.05) is 78.9 Å². The Labute approximate surface area is 251 Å². The number of aliphatic carboxylic acids is 1. The molecule has 224 valence electrons. The van der Waals surface area contributed by atoms with Crippen LogP contribution in [-0.4, -0.2) is 55.9 Å². The number of benzene rings is 3. The van der Waals surface area contributed by atoms with Crippen molar-refractivity contribution in [1.82, 2.24) is 9.47 Å². The largest absolute Gasteiger partial charge is 0.481 e. The van der Waals surface area contributed by atoms with E-state index in [-0.39, 0.29) is 18.4 Å². The van der Waals surface area contributed by atoms with Gasteiger partial charge in [0.05, 0.1) is 18.6 Å². The molecule has 0 aliphatic carbocycles. The van der Waals surface area contributed by atoms with E-state index >= 15 is 0 Å². The van der Waals surface area contributed by atoms with Crippen LogP contribution < -0.4 is 0 Å². The molecule has 0 bridgehead atoms. The van der Waals surface area contributed by atoms with Gasteiger partial charge in [0.25, 0.3) is 5.91 Å². The van der Waals surface area contributed by atoms with Gasteiger partial charge in [-0.05, 0) is 48.7 Å². The van der Waals surface area contributed by atoms with Crippen LogP contribution in [0.5, 0.6) is 0 Å². The molecule has 0 saturated heterocycles. The summed E-state index contributed by atoms with van der Waals surface area (Å²) in [6, 6.07) is 25.1. The minimum Gasteiger partial charge on any atom is -0.481 e. The van der Waals surface area contributed by atoms with Crippen molar-refractivity contribution in [2.24, 2.45) is 0 Å². The summed E-state index contributed by atoms with van der Waals surface area (Å²) in [5, 5.41) is 29.8. The number of carbonyl (C=O) groups is 2. The fraction of sp³-hybridized carbons (Fsp3) is 0.257. The van der Waals surface area contributed by atoms with Crippen molar-refractivity contribution in [3.05, 3.63) is 114 Å². The highest BCUT2D eigenvalue weighted by Gasteiger charge is 2.31. The fourth-order valence-corrected chi connectivity index (χ4v) is 5.27. The Morgan fingerprint density at radius 3 is 2.05 bits per heavy atom. The number of nitrogens with zero attached hydrogens (tertiary/aromatic N) is 2. The third-order valence-electron chi connectivity index (χ3n) is 7.17. The molecule has 1 heterocycles. The monoisotopic (exact) mass is 584 g/mol. The molecule has 0 fully saturated rings. The first kappa shape index (κ1) is 31.4. The quantitative estimate of drug-likeness (QED) is 0.179. The highest BCUT2D eigenvalue weighted by Crippen LogP contribution is 2.43. The summed E-state index contributed by atoms with van der Waals surface area (Å²) >= 11 is 0. The number of hydrogen-bond acceptors (Lipinski definition) is 4. The zero-order valence-corrected chi connectivity index (χ0v) is 24.5. The van der Waals surface area contributed by atoms with Gasteiger partial charge < -0.3 is 24.8 Å². The molecule has 43 heavy (non-hydrogen) atoms. The number of rotatable bonds is 12. The number of aliphatic hydroxyl groups is 2. The first-order chi connectivity index (χ1) is 20.6. The van der Waals surface area contributed by atoms with Gasteiger partial charge in [-0.2, -0.15) is 0 Å². The van der Waals surface area contributed by atoms with E-state index < -0.39 is 30.4 Å². The van der Waals surface area contributed by atoms with Gasteiger partial charge in [-0.25, -0.2) is 4.39 Å². The third kappa shape index (κ3) is 7.66. The van der Waals surface area contributed by atoms with E-state index in [1.807, 2.05) is 79.1 Å². The summed E-state index contributed by atoms with van der Waals surface area (Å²) in [4.78, 5) is 27.0. The summed E-state index contributed by atoms with van der Waals surface area (Å²) in [6.45, 7) is 4.30. The average molecular weight is 585 g/mol. The summed E-state index contributed by atoms with van der Waals surface area (Å²) in [5.74, 6) is -1.77. The van der Waals surface area contributed by atoms with Gasteiger partial charge in [0.15, 0.2) is 0 Å². The third-order valence-corrected chi connectivity index (χ3v) is 7.17. The Balaban J connectivity index is 1.95. The first-order valence-electron chi connectivity index (χ1n) is 14.2. The summed E-state index contributed by atoms with van der Waals surface area (Å²) in [7, 11) is 1.75. The molecule has 1 amide bonds. The molecule has 8 heteroatoms. The predicted molar refractivity (Wildman–Crippen MR) is 166 cm³/mol. The van der Waals surface area contributed by atoms with Crippen LogP contribution in [-0.2, 0) is 11.3 Å². The zero-order chi connectivity index (χ0) is 31.1. The van der Waals surface area contributed by atoms with Crippen molar-refractivity contribution < 1.29 is 29.3 Å². The van der Waals surface area contributed by atoms with E-state index in [4.69, 9.17) is 5.11 Å². The van der Waals surface area contributed by atoms with Crippen LogP contribution in [0.1, 0.15) is 54.5 Å². The van der Waals surface area contributed by atoms with Crippen LogP contribution in [0.15, 0.2) is 91.0 Å². The predicted octanol–water partition coefficient (Wildman–Crippen LogP) is 6.41. The van der Waals surface area contributed by atoms with Crippen molar-refractivity contribution in [3.63, 3.8) is 0 Å². The van der Waals surface area contributed by atoms with Gasteiger partial charge in [0, 0.05) is 42.9 Å². The SMILES string of the molecule is CC(C)n1c(/C=C/[C@@H](O)C[C@@H](O)CC(=O)O)c(-c2ccc(F)cc2)c(-c2ccccc2)c1C(=O)N(C)Cc1ccccc1. The molecule has 0 unspecified atom stereocenters. The van der Waals surface area contributed by atoms with Crippen molar-refractivity contribution in [3.8, 4) is 22.3 Å². The topological polar surface area (TPSA) is 103 Å². The highest BCUT2D eigenvalue weighted by atomic mass is 19.1. The Kier molecular flexibility index (Phi) is 10.3. The molecule has 0 saturated carbocycles. The van der Waals surface area contributed by atoms with Gasteiger partial charge in [-0.3, -0.25) is 9.59 Å². The second-order valence-electron chi connectivity index (χ2n) is 10.9. The number of carboxylic acid groups (broad SMARTS) is 1. The van der Waals surface area contributed by atoms with E-state index in [0.717, 1.165) is 11.1 Å². The minimum atomic E-state index is -1.23. The van der Waals surface area contributed by atoms with E-state index in [1.54, 1.807) is 30.2 Å². The maximum Gasteiger partial charge on any atom is 0.305 e. The number of aromatic nitrogens is 1. The molecule has 2 atom stereocenters. The lowest BCUT2D eigenvalue weighted by Gasteiger charge is -2.22. The van der Waals surface area contributed by atoms with Crippen LogP contribution >= 0.6 is 0 Å². The standard InChI is InChI=1S/C35H37FN2O5/c1-23(2)38-30(19-18-28(39)20-29(40)21-31(41)42)32(26-14-16-27(36)17-15-26)33(25-12-8-5-9-13-25)34(38)35(43)37(3)22-24-10-6-4-7-11-24/h4-19,23,28-29,39-40H,20-22H2,1-3H3,(H,41,42)/b19-18+/t28-,29-/m1/s1. The van der Waals surface area contributed by atoms with Crippen LogP contribution in [0.4, 0.5) is 4.39 Å². The Morgan fingerprint density at radius 1 is 0.884 bits per heavy atom. The van der Waals surface area contributed by atoms with Crippen LogP contribution in [0.25, 0.3) is 28.3 Å². The molecule has 0 spiro atoms. The van der Waals surface area contributed by atoms with Crippen molar-refractivity contribution in [2.75, 3.05) is 7.05 Å². The number of halogens is 1. The first-order valence-corrected chi connectivity index (χ1v) is 14.2. The van der Waals surface area contributed by atoms with Gasteiger partial charge in [0.2, 0.25) is 0 Å². The summed E-state index contributed by atoms with van der Waals surface area (Å²) < 4.78 is 16.0. The molecule has 4 aromatic rings. The Hall–Kier alpha value is -4.53. The van der Waals surface area contributed by atoms with Crippen LogP contribution in [0.2, 0.25) is 0 Å². The minimum absolute atomic E-state index is 0.172. The molecule has 1 aromatic heterocycles. The van der Waals surface area contributed by atoms with Crippen LogP contribution in [0.3, 0.4) is 0 Å². The van der Waals surface area contributed by atoms with Crippen LogP contribution in [0, 0.1) is 5.82 Å². The fourth-order valence-electron chi connectivity index (χ4n) is 5.27. The van der Waals surface area contributed by atoms with Crippen molar-refractivity contribution >= 4 is 18.0 Å². The lowest BCUT2D eigenvalue weighted by Crippen LogP contribution is -2.29. The van der Waals surface area contributed by atoms with Crippen molar-refractivity contribution in [2.45, 2.75) is 51.5 Å². The lowest BCUT2D eigenvalue weighted by molar-refractivity contribution is -0.139. The Bertz CT molecular complexity index is 1560. The maximum atomic E-state index is 14.4. The molecule has 7 nitrogen and oxygen atoms in total. The van der Waals surface area contributed by atoms with E-state index in [1.165, 1.54) is 18.2 Å². The average Bonchev–Trinajstić information content (AvgIpc) is 3.32. The summed E-state index contributed by atoms with van der Waals surface area (Å²) in [5.41, 5.74) is 4.87. The molecule has 0 aliphatic rings. The number of hydrogen-bond donors (Lipinski definition) is 3. The van der Waals surface area contributed by atoms with Gasteiger partial charge >= 0.3 is 5.97 Å². The molecule has 3 N–H and O–H groups in total. The number of aliphatic hydroxyl groups excluding tert-OH is 2. The molecule has 4 rings (SSSR count). The van der Waals surface area contributed by atoms with Gasteiger partial charge in [-0.15, -0.1) is 0 Å². The Morgan fingerprint density at radius 2 is 1.47 bits per heavy atom. The van der Waals surface area contributed by atoms with E-state index in [0.29, 0.717) is 34.6 Å². The molecule has 3 aromatic carbocycles. The number of carbonyl (C=O) groups excluding carboxylic acids is 1. The zero-order valence-electron chi connectivity index (χ0n) is 24.5. The number of carboxylic acids is 1. The summed E-state index contributed by atoms with van der Waals surface area (Å²) in [6.07, 6.45) is 0.146. The molecular weight excluding hydrogens is 547 g/mol. The lowest BCUT2D eigenvalue weighted by atomic mass is 9.94. The smallest absolute Gasteiger partial charge is 0.305 e.